The van der Waals surface area contributed by atoms with Crippen molar-refractivity contribution >= 4 is 17.6 Å². The third kappa shape index (κ3) is 5.85. The van der Waals surface area contributed by atoms with Gasteiger partial charge >= 0.3 is 12.0 Å². The van der Waals surface area contributed by atoms with Crippen molar-refractivity contribution in [2.24, 2.45) is 5.41 Å². The van der Waals surface area contributed by atoms with E-state index in [1.807, 2.05) is 15.9 Å². The van der Waals surface area contributed by atoms with Crippen LogP contribution in [0.15, 0.2) is 30.3 Å². The number of halogens is 1. The second-order valence-corrected chi connectivity index (χ2v) is 11.8. The minimum absolute atomic E-state index is 0.0356. The summed E-state index contributed by atoms with van der Waals surface area (Å²) in [6.45, 7) is 9.80. The molecule has 1 spiro atoms. The number of piperidine rings is 1. The number of hydroxylamine groups is 1. The molecule has 2 amide bonds. The smallest absolute Gasteiger partial charge is 0.329 e. The van der Waals surface area contributed by atoms with Crippen LogP contribution in [-0.2, 0) is 9.53 Å². The lowest BCUT2D eigenvalue weighted by Gasteiger charge is -2.61. The average Bonchev–Trinajstić information content (AvgIpc) is 3.71. The van der Waals surface area contributed by atoms with E-state index in [4.69, 9.17) is 9.57 Å². The summed E-state index contributed by atoms with van der Waals surface area (Å²) in [4.78, 5) is 41.4. The maximum atomic E-state index is 14.1. The number of nitrogens with one attached hydrogen (secondary N) is 1. The van der Waals surface area contributed by atoms with Crippen molar-refractivity contribution in [3.63, 3.8) is 0 Å². The standard InChI is InChI=1S/C29H40FN7O4/c1-5-22-28(13-15-35(16-14-28)19-29(11-12-29)37(20(2)3)23(38)17-40-4)18-36(22)24-26(32-33-27(30)31-24)41-34-25(39)21-9-7-6-8-10-21/h6-10,20,22H,5,11-19H2,1-4H3,(H,34,39). The second kappa shape index (κ2) is 11.8. The summed E-state index contributed by atoms with van der Waals surface area (Å²) in [6.07, 6.45) is 3.92. The van der Waals surface area contributed by atoms with Crippen LogP contribution in [0, 0.1) is 11.5 Å². The third-order valence-electron chi connectivity index (χ3n) is 8.88. The van der Waals surface area contributed by atoms with Crippen molar-refractivity contribution in [1.82, 2.24) is 30.5 Å². The summed E-state index contributed by atoms with van der Waals surface area (Å²) >= 11 is 0. The highest BCUT2D eigenvalue weighted by atomic mass is 19.1. The Kier molecular flexibility index (Phi) is 8.42. The lowest BCUT2D eigenvalue weighted by Crippen LogP contribution is -2.68. The van der Waals surface area contributed by atoms with Gasteiger partial charge in [-0.25, -0.2) is 0 Å². The monoisotopic (exact) mass is 569 g/mol. The first-order chi connectivity index (χ1) is 19.7. The Balaban J connectivity index is 1.22. The largest absolute Gasteiger partial charge is 0.375 e. The fourth-order valence-electron chi connectivity index (χ4n) is 6.91. The van der Waals surface area contributed by atoms with E-state index in [-0.39, 0.29) is 47.2 Å². The Morgan fingerprint density at radius 3 is 2.46 bits per heavy atom. The number of amides is 2. The van der Waals surface area contributed by atoms with Crippen LogP contribution in [0.5, 0.6) is 5.88 Å². The van der Waals surface area contributed by atoms with Crippen molar-refractivity contribution in [3.05, 3.63) is 42.0 Å². The summed E-state index contributed by atoms with van der Waals surface area (Å²) in [7, 11) is 1.56. The molecule has 1 aromatic heterocycles. The van der Waals surface area contributed by atoms with Gasteiger partial charge in [-0.05, 0) is 71.2 Å². The summed E-state index contributed by atoms with van der Waals surface area (Å²) < 4.78 is 19.3. The van der Waals surface area contributed by atoms with Crippen molar-refractivity contribution < 1.29 is 23.6 Å². The SMILES string of the molecule is CCC1N(c2nc(F)nnc2ONC(=O)c2ccccc2)CC12CCN(CC1(N(C(=O)COC)C(C)C)CC1)CC2. The van der Waals surface area contributed by atoms with Crippen LogP contribution in [0.4, 0.5) is 10.2 Å². The number of hydrogen-bond donors (Lipinski definition) is 1. The number of nitrogens with zero attached hydrogens (tertiary/aromatic N) is 6. The maximum absolute atomic E-state index is 14.1. The van der Waals surface area contributed by atoms with E-state index in [1.165, 1.54) is 0 Å². The molecule has 2 aromatic rings. The van der Waals surface area contributed by atoms with Gasteiger partial charge in [-0.1, -0.05) is 30.2 Å². The topological polar surface area (TPSA) is 113 Å². The first-order valence-electron chi connectivity index (χ1n) is 14.4. The maximum Gasteiger partial charge on any atom is 0.329 e. The van der Waals surface area contributed by atoms with Gasteiger partial charge in [0.15, 0.2) is 0 Å². The molecule has 11 nitrogen and oxygen atoms in total. The van der Waals surface area contributed by atoms with Crippen LogP contribution in [0.25, 0.3) is 0 Å². The second-order valence-electron chi connectivity index (χ2n) is 11.8. The van der Waals surface area contributed by atoms with Crippen LogP contribution in [0.3, 0.4) is 0 Å². The zero-order valence-corrected chi connectivity index (χ0v) is 24.3. The minimum atomic E-state index is -0.945. The Morgan fingerprint density at radius 2 is 1.85 bits per heavy atom. The lowest BCUT2D eigenvalue weighted by molar-refractivity contribution is -0.141. The predicted octanol–water partition coefficient (Wildman–Crippen LogP) is 2.83. The molecule has 1 N–H and O–H groups in total. The fourth-order valence-corrected chi connectivity index (χ4v) is 6.91. The molecule has 3 aliphatic rings. The van der Waals surface area contributed by atoms with Gasteiger partial charge in [0.2, 0.25) is 11.7 Å². The molecule has 12 heteroatoms. The molecule has 1 unspecified atom stereocenters. The van der Waals surface area contributed by atoms with Gasteiger partial charge in [-0.2, -0.15) is 14.9 Å². The van der Waals surface area contributed by atoms with Crippen molar-refractivity contribution in [2.45, 2.75) is 70.5 Å². The zero-order valence-electron chi connectivity index (χ0n) is 24.3. The molecule has 0 bridgehead atoms. The van der Waals surface area contributed by atoms with E-state index in [0.29, 0.717) is 12.1 Å². The summed E-state index contributed by atoms with van der Waals surface area (Å²) in [6, 6.07) is 8.89. The predicted molar refractivity (Wildman–Crippen MR) is 150 cm³/mol. The minimum Gasteiger partial charge on any atom is -0.375 e. The Hall–Kier alpha value is -3.38. The number of carbonyl (C=O) groups is 2. The summed E-state index contributed by atoms with van der Waals surface area (Å²) in [5, 5.41) is 7.26. The number of benzene rings is 1. The molecule has 3 fully saturated rings. The van der Waals surface area contributed by atoms with E-state index in [9.17, 15) is 14.0 Å². The van der Waals surface area contributed by atoms with Gasteiger partial charge in [0.1, 0.15) is 6.61 Å². The number of hydrogen-bond acceptors (Lipinski definition) is 9. The molecule has 3 heterocycles. The number of anilines is 1. The van der Waals surface area contributed by atoms with E-state index in [1.54, 1.807) is 31.4 Å². The number of carbonyl (C=O) groups excluding carboxylic acids is 2. The molecule has 1 aromatic carbocycles. The molecule has 5 rings (SSSR count). The Bertz CT molecular complexity index is 1230. The van der Waals surface area contributed by atoms with Crippen LogP contribution >= 0.6 is 0 Å². The van der Waals surface area contributed by atoms with Gasteiger partial charge in [0, 0.05) is 43.3 Å². The highest BCUT2D eigenvalue weighted by Gasteiger charge is 2.56. The molecular weight excluding hydrogens is 529 g/mol. The molecule has 1 aliphatic carbocycles. The van der Waals surface area contributed by atoms with Crippen molar-refractivity contribution in [1.29, 1.82) is 0 Å². The molecule has 222 valence electrons. The number of aromatic nitrogens is 3. The number of rotatable bonds is 11. The molecule has 2 aliphatic heterocycles. The van der Waals surface area contributed by atoms with Crippen LogP contribution in [0.1, 0.15) is 63.2 Å². The van der Waals surface area contributed by atoms with Gasteiger partial charge in [-0.3, -0.25) is 9.59 Å². The number of likely N-dealkylation sites (tertiary alicyclic amines) is 1. The van der Waals surface area contributed by atoms with Crippen molar-refractivity contribution in [3.8, 4) is 5.88 Å². The molecular formula is C29H40FN7O4. The Labute approximate surface area is 240 Å². The zero-order chi connectivity index (χ0) is 29.2. The first-order valence-corrected chi connectivity index (χ1v) is 14.4. The van der Waals surface area contributed by atoms with Gasteiger partial charge < -0.3 is 24.3 Å². The third-order valence-corrected chi connectivity index (χ3v) is 8.88. The summed E-state index contributed by atoms with van der Waals surface area (Å²) in [5.41, 5.74) is 2.76. The molecule has 41 heavy (non-hydrogen) atoms. The first kappa shape index (κ1) is 29.1. The van der Waals surface area contributed by atoms with E-state index >= 15 is 0 Å². The molecule has 1 atom stereocenters. The highest BCUT2D eigenvalue weighted by Crippen LogP contribution is 2.51. The number of methoxy groups -OCH3 is 1. The fraction of sp³-hybridized carbons (Fsp3) is 0.621. The van der Waals surface area contributed by atoms with Crippen LogP contribution < -0.4 is 15.2 Å². The van der Waals surface area contributed by atoms with Gasteiger partial charge in [0.25, 0.3) is 5.91 Å². The van der Waals surface area contributed by atoms with Crippen LogP contribution in [-0.4, -0.2) is 94.3 Å². The lowest BCUT2D eigenvalue weighted by atomic mass is 9.64. The van der Waals surface area contributed by atoms with E-state index < -0.39 is 12.0 Å². The molecule has 1 saturated carbocycles. The van der Waals surface area contributed by atoms with E-state index in [0.717, 1.165) is 51.7 Å². The van der Waals surface area contributed by atoms with Crippen LogP contribution in [0.2, 0.25) is 0 Å². The van der Waals surface area contributed by atoms with E-state index in [2.05, 4.69) is 46.3 Å². The Morgan fingerprint density at radius 1 is 1.15 bits per heavy atom. The highest BCUT2D eigenvalue weighted by molar-refractivity contribution is 5.93. The average molecular weight is 570 g/mol. The van der Waals surface area contributed by atoms with Gasteiger partial charge in [-0.15, -0.1) is 5.10 Å². The molecule has 0 radical (unpaired) electrons. The normalized spacial score (nSPS) is 20.9. The summed E-state index contributed by atoms with van der Waals surface area (Å²) in [5.74, 6) is -0.188. The number of ether oxygens (including phenoxy) is 1. The van der Waals surface area contributed by atoms with Gasteiger partial charge in [0.05, 0.1) is 5.54 Å². The quantitative estimate of drug-likeness (QED) is 0.408. The van der Waals surface area contributed by atoms with Crippen molar-refractivity contribution in [2.75, 3.05) is 44.8 Å². The molecule has 2 saturated heterocycles.